The quantitative estimate of drug-likeness (QED) is 0.259. The maximum absolute atomic E-state index is 13.1. The number of hydrogen-bond donors (Lipinski definition) is 0. The number of Topliss-reactive ketones (excluding diaryl/α,β-unsaturated/α-hetero) is 1. The number of benzene rings is 2. The highest BCUT2D eigenvalue weighted by Gasteiger charge is 2.32. The second-order valence-corrected chi connectivity index (χ2v) is 9.26. The third-order valence-electron chi connectivity index (χ3n) is 6.56. The summed E-state index contributed by atoms with van der Waals surface area (Å²) in [7, 11) is 0. The Morgan fingerprint density at radius 3 is 2.29 bits per heavy atom. The van der Waals surface area contributed by atoms with Crippen LogP contribution in [0.4, 0.5) is 0 Å². The van der Waals surface area contributed by atoms with Crippen LogP contribution in [-0.2, 0) is 6.42 Å². The van der Waals surface area contributed by atoms with Crippen LogP contribution in [0, 0.1) is 6.92 Å². The number of amides is 1. The van der Waals surface area contributed by atoms with Crippen molar-refractivity contribution in [1.82, 2.24) is 14.9 Å². The molecule has 4 aromatic rings. The molecule has 0 unspecified atom stereocenters. The zero-order valence-electron chi connectivity index (χ0n) is 19.3. The lowest BCUT2D eigenvalue weighted by atomic mass is 9.89. The Hall–Kier alpha value is -3.83. The van der Waals surface area contributed by atoms with Gasteiger partial charge in [0, 0.05) is 55.1 Å². The molecule has 35 heavy (non-hydrogen) atoms. The molecule has 6 heteroatoms. The van der Waals surface area contributed by atoms with Gasteiger partial charge in [-0.05, 0) is 71.1 Å². The lowest BCUT2D eigenvalue weighted by Crippen LogP contribution is -2.48. The number of aromatic nitrogens is 2. The second kappa shape index (κ2) is 9.80. The Labute approximate surface area is 209 Å². The van der Waals surface area contributed by atoms with Crippen LogP contribution >= 0.6 is 11.6 Å². The standard InChI is InChI=1S/C29H24ClN3O2/c1-19-2-3-23(14-25(19)15-27(34)24-8-9-28(30)32-16-24)29(35)33-17-26(18-33)21-6-4-20(5-7-21)22-10-12-31-13-11-22/h2-14,16,26H,15,17-18H2,1H3. The Kier molecular flexibility index (Phi) is 6.43. The Morgan fingerprint density at radius 1 is 0.914 bits per heavy atom. The minimum atomic E-state index is -0.0545. The average Bonchev–Trinajstić information content (AvgIpc) is 2.86. The predicted octanol–water partition coefficient (Wildman–Crippen LogP) is 5.77. The van der Waals surface area contributed by atoms with E-state index in [4.69, 9.17) is 11.6 Å². The average molecular weight is 482 g/mol. The predicted molar refractivity (Wildman–Crippen MR) is 137 cm³/mol. The van der Waals surface area contributed by atoms with Crippen LogP contribution in [0.1, 0.15) is 43.3 Å². The number of aryl methyl sites for hydroxylation is 1. The molecular formula is C29H24ClN3O2. The minimum absolute atomic E-state index is 0.00323. The van der Waals surface area contributed by atoms with Crippen LogP contribution in [0.15, 0.2) is 85.3 Å². The van der Waals surface area contributed by atoms with Gasteiger partial charge in [-0.25, -0.2) is 4.98 Å². The summed E-state index contributed by atoms with van der Waals surface area (Å²) in [5.74, 6) is 0.270. The molecule has 1 aliphatic rings. The minimum Gasteiger partial charge on any atom is -0.337 e. The number of ketones is 1. The van der Waals surface area contributed by atoms with Crippen molar-refractivity contribution in [2.75, 3.05) is 13.1 Å². The van der Waals surface area contributed by atoms with Crippen molar-refractivity contribution in [2.45, 2.75) is 19.3 Å². The zero-order valence-corrected chi connectivity index (χ0v) is 20.1. The number of halogens is 1. The van der Waals surface area contributed by atoms with Crippen LogP contribution in [0.2, 0.25) is 5.15 Å². The fourth-order valence-electron chi connectivity index (χ4n) is 4.34. The molecule has 0 saturated carbocycles. The summed E-state index contributed by atoms with van der Waals surface area (Å²) >= 11 is 5.82. The highest BCUT2D eigenvalue weighted by Crippen LogP contribution is 2.30. The van der Waals surface area contributed by atoms with Crippen LogP contribution in [0.3, 0.4) is 0 Å². The largest absolute Gasteiger partial charge is 0.337 e. The van der Waals surface area contributed by atoms with Gasteiger partial charge in [-0.1, -0.05) is 41.9 Å². The van der Waals surface area contributed by atoms with Gasteiger partial charge in [-0.15, -0.1) is 0 Å². The Balaban J connectivity index is 1.23. The molecule has 1 saturated heterocycles. The molecular weight excluding hydrogens is 458 g/mol. The van der Waals surface area contributed by atoms with E-state index in [1.165, 1.54) is 11.8 Å². The van der Waals surface area contributed by atoms with E-state index in [0.717, 1.165) is 22.3 Å². The molecule has 1 amide bonds. The lowest BCUT2D eigenvalue weighted by Gasteiger charge is -2.39. The highest BCUT2D eigenvalue weighted by molar-refractivity contribution is 6.29. The first kappa shape index (κ1) is 22.9. The molecule has 0 radical (unpaired) electrons. The monoisotopic (exact) mass is 481 g/mol. The molecule has 5 nitrogen and oxygen atoms in total. The Bertz CT molecular complexity index is 1360. The summed E-state index contributed by atoms with van der Waals surface area (Å²) in [5, 5.41) is 0.350. The normalized spacial score (nSPS) is 13.4. The van der Waals surface area contributed by atoms with Crippen LogP contribution < -0.4 is 0 Å². The van der Waals surface area contributed by atoms with Gasteiger partial charge in [0.1, 0.15) is 5.15 Å². The van der Waals surface area contributed by atoms with Crippen LogP contribution in [-0.4, -0.2) is 39.6 Å². The first-order chi connectivity index (χ1) is 17.0. The van der Waals surface area contributed by atoms with E-state index in [0.29, 0.717) is 35.3 Å². The molecule has 0 atom stereocenters. The molecule has 1 aliphatic heterocycles. The topological polar surface area (TPSA) is 63.2 Å². The lowest BCUT2D eigenvalue weighted by molar-refractivity contribution is 0.0602. The summed E-state index contributed by atoms with van der Waals surface area (Å²) in [4.78, 5) is 35.7. The third-order valence-corrected chi connectivity index (χ3v) is 6.78. The third kappa shape index (κ3) is 5.00. The van der Waals surface area contributed by atoms with Gasteiger partial charge in [0.15, 0.2) is 5.78 Å². The van der Waals surface area contributed by atoms with Gasteiger partial charge in [0.05, 0.1) is 0 Å². The molecule has 2 aromatic heterocycles. The first-order valence-corrected chi connectivity index (χ1v) is 11.9. The number of carbonyl (C=O) groups excluding carboxylic acids is 2. The maximum atomic E-state index is 13.1. The van der Waals surface area contributed by atoms with E-state index in [1.807, 2.05) is 42.2 Å². The van der Waals surface area contributed by atoms with E-state index in [9.17, 15) is 9.59 Å². The van der Waals surface area contributed by atoms with Gasteiger partial charge in [-0.2, -0.15) is 0 Å². The smallest absolute Gasteiger partial charge is 0.253 e. The van der Waals surface area contributed by atoms with Gasteiger partial charge in [0.25, 0.3) is 5.91 Å². The highest BCUT2D eigenvalue weighted by atomic mass is 35.5. The van der Waals surface area contributed by atoms with Crippen molar-refractivity contribution in [3.63, 3.8) is 0 Å². The summed E-state index contributed by atoms with van der Waals surface area (Å²) in [6, 6.07) is 21.4. The van der Waals surface area contributed by atoms with Crippen molar-refractivity contribution in [3.05, 3.63) is 118 Å². The number of rotatable bonds is 6. The number of hydrogen-bond acceptors (Lipinski definition) is 4. The van der Waals surface area contributed by atoms with Gasteiger partial charge in [0.2, 0.25) is 0 Å². The number of pyridine rings is 2. The second-order valence-electron chi connectivity index (χ2n) is 8.88. The fourth-order valence-corrected chi connectivity index (χ4v) is 4.45. The van der Waals surface area contributed by atoms with E-state index in [-0.39, 0.29) is 18.1 Å². The van der Waals surface area contributed by atoms with E-state index in [2.05, 4.69) is 34.2 Å². The van der Waals surface area contributed by atoms with Crippen molar-refractivity contribution >= 4 is 23.3 Å². The van der Waals surface area contributed by atoms with Crippen molar-refractivity contribution in [2.24, 2.45) is 0 Å². The number of nitrogens with zero attached hydrogens (tertiary/aromatic N) is 3. The van der Waals surface area contributed by atoms with Crippen LogP contribution in [0.25, 0.3) is 11.1 Å². The molecule has 2 aromatic carbocycles. The molecule has 174 valence electrons. The van der Waals surface area contributed by atoms with E-state index >= 15 is 0 Å². The van der Waals surface area contributed by atoms with E-state index in [1.54, 1.807) is 24.5 Å². The first-order valence-electron chi connectivity index (χ1n) is 11.5. The van der Waals surface area contributed by atoms with Gasteiger partial charge < -0.3 is 4.90 Å². The van der Waals surface area contributed by atoms with Crippen LogP contribution in [0.5, 0.6) is 0 Å². The van der Waals surface area contributed by atoms with Crippen molar-refractivity contribution < 1.29 is 9.59 Å². The molecule has 0 spiro atoms. The number of likely N-dealkylation sites (tertiary alicyclic amines) is 1. The summed E-state index contributed by atoms with van der Waals surface area (Å²) < 4.78 is 0. The maximum Gasteiger partial charge on any atom is 0.253 e. The summed E-state index contributed by atoms with van der Waals surface area (Å²) in [6.07, 6.45) is 5.28. The zero-order chi connectivity index (χ0) is 24.4. The summed E-state index contributed by atoms with van der Waals surface area (Å²) in [6.45, 7) is 3.32. The molecule has 3 heterocycles. The van der Waals surface area contributed by atoms with Crippen molar-refractivity contribution in [1.29, 1.82) is 0 Å². The number of carbonyl (C=O) groups is 2. The Morgan fingerprint density at radius 2 is 1.60 bits per heavy atom. The molecule has 0 bridgehead atoms. The van der Waals surface area contributed by atoms with Gasteiger partial charge in [-0.3, -0.25) is 14.6 Å². The van der Waals surface area contributed by atoms with E-state index < -0.39 is 0 Å². The molecule has 1 fully saturated rings. The SMILES string of the molecule is Cc1ccc(C(=O)N2CC(c3ccc(-c4ccncc4)cc3)C2)cc1CC(=O)c1ccc(Cl)nc1. The van der Waals surface area contributed by atoms with Gasteiger partial charge >= 0.3 is 0 Å². The molecule has 0 N–H and O–H groups in total. The van der Waals surface area contributed by atoms with Crippen molar-refractivity contribution in [3.8, 4) is 11.1 Å². The molecule has 5 rings (SSSR count). The summed E-state index contributed by atoms with van der Waals surface area (Å²) in [5.41, 5.74) is 6.47. The fraction of sp³-hybridized carbons (Fsp3) is 0.172. The molecule has 0 aliphatic carbocycles.